The summed E-state index contributed by atoms with van der Waals surface area (Å²) in [4.78, 5) is 12.5. The first-order chi connectivity index (χ1) is 25.0. The summed E-state index contributed by atoms with van der Waals surface area (Å²) >= 11 is 0. The summed E-state index contributed by atoms with van der Waals surface area (Å²) < 4.78 is 0. The standard InChI is InChI=1S/C45H85NO5/c1-3-5-7-9-11-13-15-17-19-21-23-24-26-28-30-32-34-36-38-42(48)44(50)41(40-47)46-45(51)43(49)39-37-35-33-31-29-27-25-22-20-18-16-14-12-10-8-6-4-2/h15,17,23-24,30,32,41-44,47-50H,3-14,16,18-22,25-29,31,33-40H2,1-2H3,(H,46,51)/b17-15+,24-23+,32-30+. The average molecular weight is 720 g/mol. The molecule has 6 nitrogen and oxygen atoms in total. The van der Waals surface area contributed by atoms with Crippen molar-refractivity contribution in [3.63, 3.8) is 0 Å². The third kappa shape index (κ3) is 34.1. The number of aliphatic hydroxyl groups excluding tert-OH is 4. The van der Waals surface area contributed by atoms with Gasteiger partial charge in [0.05, 0.1) is 18.8 Å². The molecule has 0 aromatic carbocycles. The van der Waals surface area contributed by atoms with Crippen molar-refractivity contribution in [3.8, 4) is 0 Å². The van der Waals surface area contributed by atoms with Crippen LogP contribution in [0.1, 0.15) is 213 Å². The highest BCUT2D eigenvalue weighted by molar-refractivity contribution is 5.80. The minimum atomic E-state index is -1.29. The monoisotopic (exact) mass is 720 g/mol. The number of aliphatic hydroxyl groups is 4. The second kappa shape index (κ2) is 39.7. The first-order valence-electron chi connectivity index (χ1n) is 21.9. The van der Waals surface area contributed by atoms with Crippen LogP contribution in [0.3, 0.4) is 0 Å². The van der Waals surface area contributed by atoms with Gasteiger partial charge in [-0.05, 0) is 64.2 Å². The summed E-state index contributed by atoms with van der Waals surface area (Å²) in [7, 11) is 0. The van der Waals surface area contributed by atoms with Crippen LogP contribution in [-0.2, 0) is 4.79 Å². The summed E-state index contributed by atoms with van der Waals surface area (Å²) in [6.07, 6.45) is 46.0. The number of carbonyl (C=O) groups is 1. The first kappa shape index (κ1) is 49.5. The molecule has 0 spiro atoms. The molecule has 0 rings (SSSR count). The van der Waals surface area contributed by atoms with Crippen molar-refractivity contribution in [3.05, 3.63) is 36.5 Å². The van der Waals surface area contributed by atoms with Gasteiger partial charge in [-0.15, -0.1) is 0 Å². The van der Waals surface area contributed by atoms with Crippen molar-refractivity contribution >= 4 is 5.91 Å². The second-order valence-corrected chi connectivity index (χ2v) is 15.0. The van der Waals surface area contributed by atoms with E-state index in [1.165, 1.54) is 128 Å². The number of rotatable bonds is 39. The number of amides is 1. The van der Waals surface area contributed by atoms with E-state index in [9.17, 15) is 25.2 Å². The number of carbonyl (C=O) groups excluding carboxylic acids is 1. The Bertz CT molecular complexity index is 812. The summed E-state index contributed by atoms with van der Waals surface area (Å²) in [5, 5.41) is 43.6. The van der Waals surface area contributed by atoms with Crippen LogP contribution in [0.15, 0.2) is 36.5 Å². The zero-order valence-corrected chi connectivity index (χ0v) is 33.6. The zero-order valence-electron chi connectivity index (χ0n) is 33.6. The fraction of sp³-hybridized carbons (Fsp3) is 0.844. The van der Waals surface area contributed by atoms with Gasteiger partial charge in [0.15, 0.2) is 0 Å². The molecule has 5 N–H and O–H groups in total. The fourth-order valence-electron chi connectivity index (χ4n) is 6.55. The molecule has 0 aromatic heterocycles. The molecule has 0 aliphatic carbocycles. The van der Waals surface area contributed by atoms with Gasteiger partial charge in [0.1, 0.15) is 12.2 Å². The number of allylic oxidation sites excluding steroid dienone is 6. The molecule has 0 fully saturated rings. The van der Waals surface area contributed by atoms with E-state index < -0.39 is 36.9 Å². The summed E-state index contributed by atoms with van der Waals surface area (Å²) in [5.41, 5.74) is 0. The molecule has 0 aromatic rings. The number of nitrogens with one attached hydrogen (secondary N) is 1. The molecule has 0 saturated carbocycles. The Morgan fingerprint density at radius 3 is 1.24 bits per heavy atom. The van der Waals surface area contributed by atoms with Crippen LogP contribution in [0, 0.1) is 0 Å². The smallest absolute Gasteiger partial charge is 0.249 e. The van der Waals surface area contributed by atoms with E-state index in [0.29, 0.717) is 19.3 Å². The molecule has 6 heteroatoms. The van der Waals surface area contributed by atoms with Gasteiger partial charge in [-0.1, -0.05) is 185 Å². The highest BCUT2D eigenvalue weighted by Crippen LogP contribution is 2.15. The third-order valence-electron chi connectivity index (χ3n) is 10.1. The SMILES string of the molecule is CCCCCCC/C=C/CC/C=C/CC/C=C/CCCC(O)C(O)C(CO)NC(=O)C(O)CCCCCCCCCCCCCCCCCCC. The normalized spacial score (nSPS) is 14.5. The Balaban J connectivity index is 3.82. The van der Waals surface area contributed by atoms with Gasteiger partial charge in [0.25, 0.3) is 0 Å². The van der Waals surface area contributed by atoms with Crippen LogP contribution in [-0.4, -0.2) is 57.3 Å². The molecule has 0 bridgehead atoms. The molecule has 4 unspecified atom stereocenters. The summed E-state index contributed by atoms with van der Waals surface area (Å²) in [6, 6.07) is -1.01. The van der Waals surface area contributed by atoms with Crippen LogP contribution >= 0.6 is 0 Å². The molecule has 300 valence electrons. The first-order valence-corrected chi connectivity index (χ1v) is 21.9. The van der Waals surface area contributed by atoms with Crippen molar-refractivity contribution in [2.24, 2.45) is 0 Å². The predicted octanol–water partition coefficient (Wildman–Crippen LogP) is 11.3. The molecule has 51 heavy (non-hydrogen) atoms. The van der Waals surface area contributed by atoms with Crippen molar-refractivity contribution in [1.29, 1.82) is 0 Å². The Kier molecular flexibility index (Phi) is 38.6. The van der Waals surface area contributed by atoms with E-state index in [2.05, 4.69) is 55.6 Å². The van der Waals surface area contributed by atoms with Gasteiger partial charge < -0.3 is 25.7 Å². The van der Waals surface area contributed by atoms with Crippen molar-refractivity contribution in [1.82, 2.24) is 5.32 Å². The van der Waals surface area contributed by atoms with E-state index >= 15 is 0 Å². The van der Waals surface area contributed by atoms with Crippen molar-refractivity contribution in [2.45, 2.75) is 237 Å². The van der Waals surface area contributed by atoms with Crippen molar-refractivity contribution in [2.75, 3.05) is 6.61 Å². The largest absolute Gasteiger partial charge is 0.394 e. The second-order valence-electron chi connectivity index (χ2n) is 15.0. The lowest BCUT2D eigenvalue weighted by Crippen LogP contribution is -2.53. The Hall–Kier alpha value is -1.47. The minimum Gasteiger partial charge on any atom is -0.394 e. The molecule has 0 aliphatic rings. The van der Waals surface area contributed by atoms with Crippen LogP contribution in [0.25, 0.3) is 0 Å². The molecular formula is C45H85NO5. The lowest BCUT2D eigenvalue weighted by atomic mass is 10.00. The predicted molar refractivity (Wildman–Crippen MR) is 219 cm³/mol. The van der Waals surface area contributed by atoms with Crippen LogP contribution in [0.4, 0.5) is 0 Å². The molecule has 0 saturated heterocycles. The van der Waals surface area contributed by atoms with E-state index in [1.807, 2.05) is 0 Å². The summed E-state index contributed by atoms with van der Waals surface area (Å²) in [6.45, 7) is 4.02. The molecule has 0 radical (unpaired) electrons. The minimum absolute atomic E-state index is 0.361. The topological polar surface area (TPSA) is 110 Å². The van der Waals surface area contributed by atoms with Gasteiger partial charge in [-0.3, -0.25) is 4.79 Å². The molecule has 1 amide bonds. The van der Waals surface area contributed by atoms with Gasteiger partial charge in [0.2, 0.25) is 5.91 Å². The number of hydrogen-bond donors (Lipinski definition) is 5. The number of hydrogen-bond acceptors (Lipinski definition) is 5. The van der Waals surface area contributed by atoms with E-state index in [-0.39, 0.29) is 0 Å². The van der Waals surface area contributed by atoms with Gasteiger partial charge in [0, 0.05) is 0 Å². The zero-order chi connectivity index (χ0) is 37.5. The Morgan fingerprint density at radius 2 is 0.824 bits per heavy atom. The van der Waals surface area contributed by atoms with Crippen LogP contribution in [0.2, 0.25) is 0 Å². The highest BCUT2D eigenvalue weighted by atomic mass is 16.3. The van der Waals surface area contributed by atoms with Crippen LogP contribution in [0.5, 0.6) is 0 Å². The Morgan fingerprint density at radius 1 is 0.471 bits per heavy atom. The van der Waals surface area contributed by atoms with Gasteiger partial charge >= 0.3 is 0 Å². The van der Waals surface area contributed by atoms with Gasteiger partial charge in [-0.25, -0.2) is 0 Å². The molecule has 4 atom stereocenters. The van der Waals surface area contributed by atoms with E-state index in [0.717, 1.165) is 51.4 Å². The fourth-order valence-corrected chi connectivity index (χ4v) is 6.55. The number of unbranched alkanes of at least 4 members (excludes halogenated alkanes) is 24. The van der Waals surface area contributed by atoms with Crippen LogP contribution < -0.4 is 5.32 Å². The highest BCUT2D eigenvalue weighted by Gasteiger charge is 2.28. The lowest BCUT2D eigenvalue weighted by Gasteiger charge is -2.27. The molecule has 0 aliphatic heterocycles. The van der Waals surface area contributed by atoms with E-state index in [4.69, 9.17) is 0 Å². The lowest BCUT2D eigenvalue weighted by molar-refractivity contribution is -0.132. The summed E-state index contributed by atoms with van der Waals surface area (Å²) in [5.74, 6) is -0.599. The maximum atomic E-state index is 12.5. The quantitative estimate of drug-likeness (QED) is 0.0321. The van der Waals surface area contributed by atoms with Gasteiger partial charge in [-0.2, -0.15) is 0 Å². The Labute approximate surface area is 316 Å². The third-order valence-corrected chi connectivity index (χ3v) is 10.1. The molecular weight excluding hydrogens is 634 g/mol. The average Bonchev–Trinajstić information content (AvgIpc) is 3.13. The van der Waals surface area contributed by atoms with E-state index in [1.54, 1.807) is 0 Å². The molecule has 0 heterocycles. The maximum absolute atomic E-state index is 12.5. The maximum Gasteiger partial charge on any atom is 0.249 e. The van der Waals surface area contributed by atoms with Crippen molar-refractivity contribution < 1.29 is 25.2 Å².